The lowest BCUT2D eigenvalue weighted by Crippen LogP contribution is -2.21. The number of sulfone groups is 1. The summed E-state index contributed by atoms with van der Waals surface area (Å²) in [7, 11) is -3.44. The van der Waals surface area contributed by atoms with Crippen molar-refractivity contribution in [2.45, 2.75) is 0 Å². The number of hydrogen-bond acceptors (Lipinski definition) is 5. The molecule has 0 aliphatic rings. The molecule has 7 nitrogen and oxygen atoms in total. The summed E-state index contributed by atoms with van der Waals surface area (Å²) in [6, 6.07) is 3.39. The highest BCUT2D eigenvalue weighted by atomic mass is 32.2. The van der Waals surface area contributed by atoms with Crippen molar-refractivity contribution in [2.24, 2.45) is 0 Å². The number of carbonyl (C=O) groups excluding carboxylic acids is 1. The number of carboxylic acids is 1. The molecule has 1 aromatic rings. The number of amides is 1. The lowest BCUT2D eigenvalue weighted by Gasteiger charge is -2.06. The van der Waals surface area contributed by atoms with Crippen molar-refractivity contribution in [3.05, 3.63) is 23.8 Å². The first-order chi connectivity index (χ1) is 8.19. The highest BCUT2D eigenvalue weighted by molar-refractivity contribution is 7.91. The molecule has 0 bridgehead atoms. The number of aromatic carboxylic acids is 1. The quantitative estimate of drug-likeness (QED) is 0.714. The van der Waals surface area contributed by atoms with Crippen molar-refractivity contribution in [1.29, 1.82) is 0 Å². The van der Waals surface area contributed by atoms with Crippen LogP contribution in [0.3, 0.4) is 0 Å². The number of aromatic hydroxyl groups is 1. The van der Waals surface area contributed by atoms with Crippen molar-refractivity contribution < 1.29 is 28.2 Å². The number of rotatable bonds is 4. The Morgan fingerprint density at radius 3 is 2.39 bits per heavy atom. The maximum Gasteiger partial charge on any atom is 0.339 e. The van der Waals surface area contributed by atoms with Gasteiger partial charge in [0.2, 0.25) is 5.91 Å². The van der Waals surface area contributed by atoms with Crippen molar-refractivity contribution in [3.8, 4) is 5.75 Å². The minimum atomic E-state index is -3.44. The summed E-state index contributed by atoms with van der Waals surface area (Å²) in [4.78, 5) is 21.9. The van der Waals surface area contributed by atoms with Crippen molar-refractivity contribution >= 4 is 27.4 Å². The van der Waals surface area contributed by atoms with Gasteiger partial charge in [-0.15, -0.1) is 0 Å². The highest BCUT2D eigenvalue weighted by Gasteiger charge is 2.13. The third kappa shape index (κ3) is 4.06. The topological polar surface area (TPSA) is 121 Å². The minimum absolute atomic E-state index is 0.117. The van der Waals surface area contributed by atoms with Gasteiger partial charge in [0.25, 0.3) is 0 Å². The second-order valence-corrected chi connectivity index (χ2v) is 5.80. The molecular formula is C10H11NO6S. The van der Waals surface area contributed by atoms with E-state index in [-0.39, 0.29) is 11.3 Å². The first-order valence-corrected chi connectivity index (χ1v) is 6.79. The number of nitrogens with one attached hydrogen (secondary N) is 1. The van der Waals surface area contributed by atoms with E-state index in [0.717, 1.165) is 18.4 Å². The van der Waals surface area contributed by atoms with Crippen LogP contribution < -0.4 is 5.32 Å². The lowest BCUT2D eigenvalue weighted by atomic mass is 10.2. The number of carboxylic acid groups (broad SMARTS) is 1. The Morgan fingerprint density at radius 1 is 1.33 bits per heavy atom. The molecule has 0 saturated heterocycles. The van der Waals surface area contributed by atoms with Crippen LogP contribution in [0, 0.1) is 0 Å². The van der Waals surface area contributed by atoms with Crippen LogP contribution in [0.5, 0.6) is 5.75 Å². The normalized spacial score (nSPS) is 10.9. The average Bonchev–Trinajstić information content (AvgIpc) is 2.13. The average molecular weight is 273 g/mol. The number of anilines is 1. The van der Waals surface area contributed by atoms with E-state index in [4.69, 9.17) is 5.11 Å². The van der Waals surface area contributed by atoms with E-state index in [0.29, 0.717) is 0 Å². The largest absolute Gasteiger partial charge is 0.507 e. The van der Waals surface area contributed by atoms with Gasteiger partial charge >= 0.3 is 5.97 Å². The van der Waals surface area contributed by atoms with E-state index >= 15 is 0 Å². The van der Waals surface area contributed by atoms with E-state index in [1.165, 1.54) is 6.07 Å². The smallest absolute Gasteiger partial charge is 0.339 e. The van der Waals surface area contributed by atoms with Crippen LogP contribution in [0.1, 0.15) is 10.4 Å². The van der Waals surface area contributed by atoms with E-state index < -0.39 is 33.2 Å². The summed E-state index contributed by atoms with van der Waals surface area (Å²) in [6.07, 6.45) is 0.914. The van der Waals surface area contributed by atoms with Gasteiger partial charge in [-0.25, -0.2) is 13.2 Å². The second-order valence-electron chi connectivity index (χ2n) is 3.66. The van der Waals surface area contributed by atoms with E-state index in [1.807, 2.05) is 0 Å². The standard InChI is InChI=1S/C10H11NO6S/c1-18(16,17)5-9(13)11-6-2-3-7(10(14)15)8(12)4-6/h2-4,12H,5H2,1H3,(H,11,13)(H,14,15). The predicted octanol–water partition coefficient (Wildman–Crippen LogP) is 0.0735. The molecule has 0 aliphatic carbocycles. The monoisotopic (exact) mass is 273 g/mol. The lowest BCUT2D eigenvalue weighted by molar-refractivity contribution is -0.113. The van der Waals surface area contributed by atoms with E-state index in [9.17, 15) is 23.1 Å². The van der Waals surface area contributed by atoms with Gasteiger partial charge in [0.15, 0.2) is 9.84 Å². The molecule has 0 saturated carbocycles. The molecule has 1 aromatic carbocycles. The predicted molar refractivity (Wildman–Crippen MR) is 63.4 cm³/mol. The van der Waals surface area contributed by atoms with Gasteiger partial charge < -0.3 is 15.5 Å². The molecule has 3 N–H and O–H groups in total. The first-order valence-electron chi connectivity index (χ1n) is 4.73. The molecule has 0 radical (unpaired) electrons. The van der Waals surface area contributed by atoms with Crippen LogP contribution >= 0.6 is 0 Å². The molecule has 18 heavy (non-hydrogen) atoms. The second kappa shape index (κ2) is 5.05. The van der Waals surface area contributed by atoms with Gasteiger partial charge in [0.1, 0.15) is 17.1 Å². The van der Waals surface area contributed by atoms with Crippen LogP contribution in [0.2, 0.25) is 0 Å². The molecule has 0 aromatic heterocycles. The summed E-state index contributed by atoms with van der Waals surface area (Å²) >= 11 is 0. The molecule has 0 spiro atoms. The zero-order chi connectivity index (χ0) is 13.9. The number of carbonyl (C=O) groups is 2. The van der Waals surface area contributed by atoms with Crippen LogP contribution in [0.4, 0.5) is 5.69 Å². The first kappa shape index (κ1) is 14.0. The van der Waals surface area contributed by atoms with Gasteiger partial charge in [-0.3, -0.25) is 4.79 Å². The third-order valence-electron chi connectivity index (χ3n) is 1.91. The Balaban J connectivity index is 2.84. The molecule has 0 heterocycles. The fraction of sp³-hybridized carbons (Fsp3) is 0.200. The number of hydrogen-bond donors (Lipinski definition) is 3. The fourth-order valence-electron chi connectivity index (χ4n) is 1.23. The third-order valence-corrected chi connectivity index (χ3v) is 2.69. The molecule has 98 valence electrons. The van der Waals surface area contributed by atoms with Crippen molar-refractivity contribution in [2.75, 3.05) is 17.3 Å². The molecule has 0 atom stereocenters. The van der Waals surface area contributed by atoms with Crippen LogP contribution in [-0.2, 0) is 14.6 Å². The molecule has 0 fully saturated rings. The maximum absolute atomic E-state index is 11.3. The Kier molecular flexibility index (Phi) is 3.92. The molecule has 0 aliphatic heterocycles. The van der Waals surface area contributed by atoms with Gasteiger partial charge in [-0.1, -0.05) is 0 Å². The SMILES string of the molecule is CS(=O)(=O)CC(=O)Nc1ccc(C(=O)O)c(O)c1. The number of benzene rings is 1. The summed E-state index contributed by atoms with van der Waals surface area (Å²) in [5.41, 5.74) is -0.192. The molecule has 1 rings (SSSR count). The zero-order valence-corrected chi connectivity index (χ0v) is 10.2. The Labute approximate surface area is 103 Å². The van der Waals surface area contributed by atoms with Crippen LogP contribution in [0.25, 0.3) is 0 Å². The minimum Gasteiger partial charge on any atom is -0.507 e. The summed E-state index contributed by atoms with van der Waals surface area (Å²) in [6.45, 7) is 0. The van der Waals surface area contributed by atoms with Crippen molar-refractivity contribution in [3.63, 3.8) is 0 Å². The Hall–Kier alpha value is -2.09. The molecule has 0 unspecified atom stereocenters. The van der Waals surface area contributed by atoms with Gasteiger partial charge in [0, 0.05) is 18.0 Å². The Bertz CT molecular complexity index is 592. The zero-order valence-electron chi connectivity index (χ0n) is 9.37. The summed E-state index contributed by atoms with van der Waals surface area (Å²) in [5, 5.41) is 20.3. The number of phenols is 1. The summed E-state index contributed by atoms with van der Waals surface area (Å²) in [5.74, 6) is -3.27. The fourth-order valence-corrected chi connectivity index (χ4v) is 1.77. The summed E-state index contributed by atoms with van der Waals surface area (Å²) < 4.78 is 21.7. The maximum atomic E-state index is 11.3. The van der Waals surface area contributed by atoms with Gasteiger partial charge in [-0.2, -0.15) is 0 Å². The Morgan fingerprint density at radius 2 is 1.94 bits per heavy atom. The van der Waals surface area contributed by atoms with Crippen LogP contribution in [-0.4, -0.2) is 42.5 Å². The molecular weight excluding hydrogens is 262 g/mol. The van der Waals surface area contributed by atoms with E-state index in [2.05, 4.69) is 5.32 Å². The van der Waals surface area contributed by atoms with E-state index in [1.54, 1.807) is 0 Å². The van der Waals surface area contributed by atoms with Gasteiger partial charge in [0.05, 0.1) is 0 Å². The molecule has 1 amide bonds. The van der Waals surface area contributed by atoms with Crippen LogP contribution in [0.15, 0.2) is 18.2 Å². The molecule has 8 heteroatoms. The highest BCUT2D eigenvalue weighted by Crippen LogP contribution is 2.21. The van der Waals surface area contributed by atoms with Gasteiger partial charge in [-0.05, 0) is 12.1 Å². The van der Waals surface area contributed by atoms with Crippen molar-refractivity contribution in [1.82, 2.24) is 0 Å².